The Bertz CT molecular complexity index is 797. The molecular formula is C19H25N5O2. The zero-order valence-corrected chi connectivity index (χ0v) is 15.3. The van der Waals surface area contributed by atoms with Gasteiger partial charge in [0.25, 0.3) is 0 Å². The fourth-order valence-corrected chi connectivity index (χ4v) is 3.26. The van der Waals surface area contributed by atoms with Crippen molar-refractivity contribution in [2.45, 2.75) is 52.1 Å². The Morgan fingerprint density at radius 2 is 2.04 bits per heavy atom. The quantitative estimate of drug-likeness (QED) is 0.826. The zero-order valence-electron chi connectivity index (χ0n) is 15.3. The smallest absolute Gasteiger partial charge is 0.248 e. The number of aryl methyl sites for hydroxylation is 1. The maximum atomic E-state index is 12.1. The fraction of sp³-hybridized carbons (Fsp3) is 0.474. The number of carbonyl (C=O) groups is 2. The van der Waals surface area contributed by atoms with Crippen molar-refractivity contribution in [3.8, 4) is 11.4 Å². The minimum absolute atomic E-state index is 0.104. The van der Waals surface area contributed by atoms with Gasteiger partial charge in [0.15, 0.2) is 5.82 Å². The van der Waals surface area contributed by atoms with E-state index < -0.39 is 5.91 Å². The lowest BCUT2D eigenvalue weighted by Crippen LogP contribution is -2.30. The second kappa shape index (κ2) is 7.68. The topological polar surface area (TPSA) is 94.1 Å². The van der Waals surface area contributed by atoms with Crippen molar-refractivity contribution in [1.29, 1.82) is 0 Å². The number of hydrogen-bond donors (Lipinski definition) is 1. The summed E-state index contributed by atoms with van der Waals surface area (Å²) in [6.45, 7) is 5.68. The second-order valence-electron chi connectivity index (χ2n) is 6.68. The first-order valence-corrected chi connectivity index (χ1v) is 9.15. The average molecular weight is 355 g/mol. The Morgan fingerprint density at radius 3 is 2.62 bits per heavy atom. The van der Waals surface area contributed by atoms with Crippen LogP contribution < -0.4 is 5.73 Å². The number of likely N-dealkylation sites (tertiary alicyclic amines) is 1. The molecule has 1 aromatic carbocycles. The Morgan fingerprint density at radius 1 is 1.31 bits per heavy atom. The van der Waals surface area contributed by atoms with Gasteiger partial charge in [-0.1, -0.05) is 25.5 Å². The molecular weight excluding hydrogens is 330 g/mol. The summed E-state index contributed by atoms with van der Waals surface area (Å²) in [5, 5.41) is 4.66. The molecule has 26 heavy (non-hydrogen) atoms. The summed E-state index contributed by atoms with van der Waals surface area (Å²) >= 11 is 0. The maximum Gasteiger partial charge on any atom is 0.248 e. The van der Waals surface area contributed by atoms with Crippen LogP contribution in [0.3, 0.4) is 0 Å². The molecule has 7 nitrogen and oxygen atoms in total. The summed E-state index contributed by atoms with van der Waals surface area (Å²) in [7, 11) is 0. The molecule has 1 saturated heterocycles. The lowest BCUT2D eigenvalue weighted by atomic mass is 10.1. The summed E-state index contributed by atoms with van der Waals surface area (Å²) in [6.07, 6.45) is 3.55. The summed E-state index contributed by atoms with van der Waals surface area (Å²) in [6, 6.07) is 6.85. The molecule has 3 rings (SSSR count). The number of nitrogens with zero attached hydrogens (tertiary/aromatic N) is 4. The van der Waals surface area contributed by atoms with Gasteiger partial charge in [0.1, 0.15) is 5.82 Å². The maximum absolute atomic E-state index is 12.1. The van der Waals surface area contributed by atoms with Crippen LogP contribution in [0.2, 0.25) is 0 Å². The predicted molar refractivity (Wildman–Crippen MR) is 98.2 cm³/mol. The van der Waals surface area contributed by atoms with Crippen LogP contribution in [-0.4, -0.2) is 38.0 Å². The number of aromatic nitrogens is 3. The van der Waals surface area contributed by atoms with Crippen molar-refractivity contribution in [3.63, 3.8) is 0 Å². The molecule has 0 saturated carbocycles. The van der Waals surface area contributed by atoms with Crippen LogP contribution in [0, 0.1) is 0 Å². The Labute approximate surface area is 153 Å². The first-order chi connectivity index (χ1) is 12.5. The molecule has 2 aromatic rings. The van der Waals surface area contributed by atoms with Crippen molar-refractivity contribution in [3.05, 3.63) is 35.7 Å². The number of carbonyl (C=O) groups excluding carboxylic acids is 2. The average Bonchev–Trinajstić information content (AvgIpc) is 3.26. The minimum atomic E-state index is -0.458. The van der Waals surface area contributed by atoms with Crippen LogP contribution in [0.15, 0.2) is 24.3 Å². The third-order valence-corrected chi connectivity index (χ3v) is 4.80. The lowest BCUT2D eigenvalue weighted by Gasteiger charge is -2.23. The van der Waals surface area contributed by atoms with Gasteiger partial charge >= 0.3 is 0 Å². The van der Waals surface area contributed by atoms with Crippen LogP contribution >= 0.6 is 0 Å². The van der Waals surface area contributed by atoms with E-state index in [9.17, 15) is 9.59 Å². The number of primary amides is 1. The molecule has 2 amide bonds. The van der Waals surface area contributed by atoms with E-state index in [1.54, 1.807) is 24.3 Å². The Balaban J connectivity index is 1.93. The lowest BCUT2D eigenvalue weighted by molar-refractivity contribution is -0.129. The first-order valence-electron chi connectivity index (χ1n) is 9.15. The minimum Gasteiger partial charge on any atom is -0.366 e. The Kier molecular flexibility index (Phi) is 5.35. The molecule has 0 aliphatic carbocycles. The van der Waals surface area contributed by atoms with E-state index in [4.69, 9.17) is 10.7 Å². The van der Waals surface area contributed by atoms with Crippen molar-refractivity contribution in [2.75, 3.05) is 6.54 Å². The van der Waals surface area contributed by atoms with E-state index in [1.165, 1.54) is 0 Å². The molecule has 7 heteroatoms. The van der Waals surface area contributed by atoms with Gasteiger partial charge in [-0.05, 0) is 31.9 Å². The summed E-state index contributed by atoms with van der Waals surface area (Å²) < 4.78 is 1.91. The van der Waals surface area contributed by atoms with Gasteiger partial charge in [-0.3, -0.25) is 9.59 Å². The van der Waals surface area contributed by atoms with Crippen molar-refractivity contribution < 1.29 is 9.59 Å². The number of amides is 2. The van der Waals surface area contributed by atoms with E-state index in [-0.39, 0.29) is 11.9 Å². The molecule has 2 heterocycles. The van der Waals surface area contributed by atoms with Crippen LogP contribution in [0.25, 0.3) is 11.4 Å². The van der Waals surface area contributed by atoms with E-state index in [1.807, 2.05) is 16.5 Å². The highest BCUT2D eigenvalue weighted by atomic mass is 16.2. The third kappa shape index (κ3) is 3.61. The summed E-state index contributed by atoms with van der Waals surface area (Å²) in [5.41, 5.74) is 6.58. The molecule has 1 aromatic heterocycles. The third-order valence-electron chi connectivity index (χ3n) is 4.80. The van der Waals surface area contributed by atoms with Crippen LogP contribution in [0.5, 0.6) is 0 Å². The Hall–Kier alpha value is -2.70. The molecule has 0 spiro atoms. The monoisotopic (exact) mass is 355 g/mol. The van der Waals surface area contributed by atoms with Crippen LogP contribution in [0.1, 0.15) is 61.8 Å². The molecule has 1 fully saturated rings. The second-order valence-corrected chi connectivity index (χ2v) is 6.68. The standard InChI is InChI=1S/C19H25N5O2/c1-3-4-12-24-19(13(2)23-11-5-6-16(23)25)21-18(22-24)15-9-7-14(8-10-15)17(20)26/h7-10,13H,3-6,11-12H2,1-2H3,(H2,20,26)/t13-/m1/s1. The highest BCUT2D eigenvalue weighted by molar-refractivity contribution is 5.93. The fourth-order valence-electron chi connectivity index (χ4n) is 3.26. The molecule has 1 aliphatic rings. The number of rotatable bonds is 7. The number of unbranched alkanes of at least 4 members (excludes halogenated alkanes) is 1. The highest BCUT2D eigenvalue weighted by Crippen LogP contribution is 2.27. The number of nitrogens with two attached hydrogens (primary N) is 1. The molecule has 138 valence electrons. The number of hydrogen-bond acceptors (Lipinski definition) is 4. The van der Waals surface area contributed by atoms with Gasteiger partial charge in [0.05, 0.1) is 6.04 Å². The molecule has 1 atom stereocenters. The van der Waals surface area contributed by atoms with Crippen molar-refractivity contribution >= 4 is 11.8 Å². The molecule has 0 bridgehead atoms. The largest absolute Gasteiger partial charge is 0.366 e. The first kappa shape index (κ1) is 18.1. The SMILES string of the molecule is CCCCn1nc(-c2ccc(C(N)=O)cc2)nc1[C@@H](C)N1CCCC1=O. The van der Waals surface area contributed by atoms with Gasteiger partial charge in [-0.2, -0.15) is 5.10 Å². The summed E-state index contributed by atoms with van der Waals surface area (Å²) in [5.74, 6) is 1.13. The van der Waals surface area contributed by atoms with Gasteiger partial charge in [-0.25, -0.2) is 9.67 Å². The molecule has 2 N–H and O–H groups in total. The van der Waals surface area contributed by atoms with E-state index >= 15 is 0 Å². The predicted octanol–water partition coefficient (Wildman–Crippen LogP) is 2.53. The van der Waals surface area contributed by atoms with E-state index in [2.05, 4.69) is 12.0 Å². The van der Waals surface area contributed by atoms with E-state index in [0.717, 1.165) is 43.7 Å². The number of benzene rings is 1. The zero-order chi connectivity index (χ0) is 18.7. The van der Waals surface area contributed by atoms with Crippen LogP contribution in [0.4, 0.5) is 0 Å². The molecule has 0 unspecified atom stereocenters. The van der Waals surface area contributed by atoms with Crippen molar-refractivity contribution in [1.82, 2.24) is 19.7 Å². The highest BCUT2D eigenvalue weighted by Gasteiger charge is 2.29. The molecule has 1 aliphatic heterocycles. The van der Waals surface area contributed by atoms with Gasteiger partial charge in [-0.15, -0.1) is 0 Å². The van der Waals surface area contributed by atoms with Gasteiger partial charge < -0.3 is 10.6 Å². The van der Waals surface area contributed by atoms with E-state index in [0.29, 0.717) is 17.8 Å². The van der Waals surface area contributed by atoms with Gasteiger partial charge in [0.2, 0.25) is 11.8 Å². The molecule has 0 radical (unpaired) electrons. The van der Waals surface area contributed by atoms with Crippen molar-refractivity contribution in [2.24, 2.45) is 5.73 Å². The normalized spacial score (nSPS) is 15.5. The van der Waals surface area contributed by atoms with Crippen LogP contribution in [-0.2, 0) is 11.3 Å². The van der Waals surface area contributed by atoms with Gasteiger partial charge in [0, 0.05) is 30.6 Å². The summed E-state index contributed by atoms with van der Waals surface area (Å²) in [4.78, 5) is 30.0.